The lowest BCUT2D eigenvalue weighted by molar-refractivity contribution is 0.362. The lowest BCUT2D eigenvalue weighted by atomic mass is 9.82. The van der Waals surface area contributed by atoms with Gasteiger partial charge in [-0.3, -0.25) is 0 Å². The summed E-state index contributed by atoms with van der Waals surface area (Å²) in [6.45, 7) is 0. The van der Waals surface area contributed by atoms with Crippen LogP contribution in [0.5, 0.6) is 0 Å². The molecule has 0 saturated heterocycles. The molecule has 2 atom stereocenters. The van der Waals surface area contributed by atoms with Gasteiger partial charge in [0.05, 0.1) is 0 Å². The van der Waals surface area contributed by atoms with E-state index in [1.165, 1.54) is 44.9 Å². The Morgan fingerprint density at radius 1 is 0.923 bits per heavy atom. The normalized spacial score (nSPS) is 39.4. The van der Waals surface area contributed by atoms with E-state index in [4.69, 9.17) is 0 Å². The van der Waals surface area contributed by atoms with Gasteiger partial charge in [0.15, 0.2) is 0 Å². The summed E-state index contributed by atoms with van der Waals surface area (Å²) in [5, 5.41) is 0. The standard InChI is InChI=1S/C13H20/c1-3-7-12-9-5-2-6-10-13(11-12)8-4-1/h1,3,6,10,12-13H,2,4-5,7-9,11H2/b3-1-,10-6-. The van der Waals surface area contributed by atoms with Gasteiger partial charge in [-0.1, -0.05) is 24.3 Å². The topological polar surface area (TPSA) is 0 Å². The first-order valence-electron chi connectivity index (χ1n) is 5.77. The predicted octanol–water partition coefficient (Wildman–Crippen LogP) is 4.09. The molecule has 0 aromatic rings. The Bertz CT molecular complexity index is 200. The molecule has 0 saturated carbocycles. The molecule has 0 N–H and O–H groups in total. The number of allylic oxidation sites excluding steroid dienone is 4. The molecule has 0 aromatic carbocycles. The van der Waals surface area contributed by atoms with Gasteiger partial charge in [0.1, 0.15) is 0 Å². The molecule has 2 rings (SSSR count). The Labute approximate surface area is 81.7 Å². The van der Waals surface area contributed by atoms with E-state index < -0.39 is 0 Å². The SMILES string of the molecule is C1=C\C2CC/C=C\CC(CCC/1)C2. The van der Waals surface area contributed by atoms with E-state index in [1.54, 1.807) is 0 Å². The maximum absolute atomic E-state index is 2.48. The second-order valence-electron chi connectivity index (χ2n) is 4.51. The molecule has 2 unspecified atom stereocenters. The molecule has 0 heteroatoms. The van der Waals surface area contributed by atoms with E-state index in [0.717, 1.165) is 11.8 Å². The van der Waals surface area contributed by atoms with Crippen LogP contribution in [0.4, 0.5) is 0 Å². The highest BCUT2D eigenvalue weighted by Gasteiger charge is 2.16. The molecule has 0 radical (unpaired) electrons. The molecule has 0 heterocycles. The van der Waals surface area contributed by atoms with Crippen molar-refractivity contribution in [2.24, 2.45) is 11.8 Å². The van der Waals surface area contributed by atoms with Crippen LogP contribution in [-0.4, -0.2) is 0 Å². The van der Waals surface area contributed by atoms with E-state index in [-0.39, 0.29) is 0 Å². The average molecular weight is 176 g/mol. The summed E-state index contributed by atoms with van der Waals surface area (Å²) in [5.41, 5.74) is 0. The van der Waals surface area contributed by atoms with E-state index >= 15 is 0 Å². The molecule has 0 amide bonds. The smallest absolute Gasteiger partial charge is 0.0228 e. The molecule has 0 spiro atoms. The van der Waals surface area contributed by atoms with Gasteiger partial charge >= 0.3 is 0 Å². The Hall–Kier alpha value is -0.520. The van der Waals surface area contributed by atoms with Gasteiger partial charge in [-0.15, -0.1) is 0 Å². The van der Waals surface area contributed by atoms with Gasteiger partial charge in [-0.05, 0) is 56.8 Å². The fraction of sp³-hybridized carbons (Fsp3) is 0.692. The van der Waals surface area contributed by atoms with Crippen LogP contribution in [0.15, 0.2) is 24.3 Å². The zero-order valence-corrected chi connectivity index (χ0v) is 8.41. The number of hydrogen-bond acceptors (Lipinski definition) is 0. The fourth-order valence-electron chi connectivity index (χ4n) is 2.58. The van der Waals surface area contributed by atoms with Crippen molar-refractivity contribution in [2.75, 3.05) is 0 Å². The molecule has 72 valence electrons. The maximum atomic E-state index is 2.48. The third-order valence-corrected chi connectivity index (χ3v) is 3.37. The van der Waals surface area contributed by atoms with Gasteiger partial charge in [-0.2, -0.15) is 0 Å². The lowest BCUT2D eigenvalue weighted by Gasteiger charge is -2.23. The first kappa shape index (κ1) is 9.05. The number of fused-ring (bicyclic) bond motifs is 2. The minimum absolute atomic E-state index is 0.884. The third kappa shape index (κ3) is 2.72. The molecular formula is C13H20. The van der Waals surface area contributed by atoms with Gasteiger partial charge in [0, 0.05) is 0 Å². The Morgan fingerprint density at radius 3 is 2.92 bits per heavy atom. The molecule has 0 aromatic heterocycles. The van der Waals surface area contributed by atoms with Crippen LogP contribution in [0, 0.1) is 11.8 Å². The zero-order valence-electron chi connectivity index (χ0n) is 8.41. The first-order chi connectivity index (χ1) is 6.45. The van der Waals surface area contributed by atoms with Crippen molar-refractivity contribution < 1.29 is 0 Å². The van der Waals surface area contributed by atoms with E-state index in [0.29, 0.717) is 0 Å². The highest BCUT2D eigenvalue weighted by Crippen LogP contribution is 2.30. The highest BCUT2D eigenvalue weighted by molar-refractivity contribution is 4.96. The predicted molar refractivity (Wildman–Crippen MR) is 57.6 cm³/mol. The second kappa shape index (κ2) is 4.64. The van der Waals surface area contributed by atoms with Gasteiger partial charge in [0.25, 0.3) is 0 Å². The van der Waals surface area contributed by atoms with Crippen LogP contribution in [0.1, 0.15) is 44.9 Å². The molecule has 0 nitrogen and oxygen atoms in total. The minimum Gasteiger partial charge on any atom is -0.0885 e. The van der Waals surface area contributed by atoms with E-state index in [1.807, 2.05) is 0 Å². The lowest BCUT2D eigenvalue weighted by Crippen LogP contribution is -2.10. The third-order valence-electron chi connectivity index (χ3n) is 3.37. The van der Waals surface area contributed by atoms with Gasteiger partial charge in [-0.25, -0.2) is 0 Å². The van der Waals surface area contributed by atoms with Crippen LogP contribution < -0.4 is 0 Å². The van der Waals surface area contributed by atoms with Crippen LogP contribution in [0.3, 0.4) is 0 Å². The summed E-state index contributed by atoms with van der Waals surface area (Å²) < 4.78 is 0. The number of rotatable bonds is 0. The van der Waals surface area contributed by atoms with Gasteiger partial charge < -0.3 is 0 Å². The van der Waals surface area contributed by atoms with Crippen molar-refractivity contribution in [3.8, 4) is 0 Å². The Morgan fingerprint density at radius 2 is 1.92 bits per heavy atom. The van der Waals surface area contributed by atoms with Crippen LogP contribution in [-0.2, 0) is 0 Å². The Balaban J connectivity index is 2.04. The molecular weight excluding hydrogens is 156 g/mol. The van der Waals surface area contributed by atoms with Crippen molar-refractivity contribution >= 4 is 0 Å². The van der Waals surface area contributed by atoms with Crippen molar-refractivity contribution in [1.82, 2.24) is 0 Å². The number of hydrogen-bond donors (Lipinski definition) is 0. The molecule has 0 aliphatic heterocycles. The van der Waals surface area contributed by atoms with Crippen molar-refractivity contribution in [3.05, 3.63) is 24.3 Å². The van der Waals surface area contributed by atoms with Crippen molar-refractivity contribution in [1.29, 1.82) is 0 Å². The highest BCUT2D eigenvalue weighted by atomic mass is 14.2. The second-order valence-corrected chi connectivity index (χ2v) is 4.51. The average Bonchev–Trinajstić information content (AvgIpc) is 2.00. The minimum atomic E-state index is 0.884. The molecule has 2 aliphatic rings. The summed E-state index contributed by atoms with van der Waals surface area (Å²) in [6.07, 6.45) is 19.3. The van der Waals surface area contributed by atoms with Gasteiger partial charge in [0.2, 0.25) is 0 Å². The summed E-state index contributed by atoms with van der Waals surface area (Å²) >= 11 is 0. The van der Waals surface area contributed by atoms with Crippen molar-refractivity contribution in [2.45, 2.75) is 44.9 Å². The molecule has 0 fully saturated rings. The first-order valence-corrected chi connectivity index (χ1v) is 5.77. The molecule has 2 aliphatic carbocycles. The summed E-state index contributed by atoms with van der Waals surface area (Å²) in [4.78, 5) is 0. The van der Waals surface area contributed by atoms with Crippen LogP contribution in [0.25, 0.3) is 0 Å². The summed E-state index contributed by atoms with van der Waals surface area (Å²) in [7, 11) is 0. The molecule has 13 heavy (non-hydrogen) atoms. The van der Waals surface area contributed by atoms with E-state index in [9.17, 15) is 0 Å². The monoisotopic (exact) mass is 176 g/mol. The summed E-state index contributed by atoms with van der Waals surface area (Å²) in [5.74, 6) is 1.86. The quantitative estimate of drug-likeness (QED) is 0.488. The van der Waals surface area contributed by atoms with Crippen LogP contribution >= 0.6 is 0 Å². The van der Waals surface area contributed by atoms with Crippen LogP contribution in [0.2, 0.25) is 0 Å². The fourth-order valence-corrected chi connectivity index (χ4v) is 2.58. The molecule has 2 bridgehead atoms. The largest absolute Gasteiger partial charge is 0.0885 e. The summed E-state index contributed by atoms with van der Waals surface area (Å²) in [6, 6.07) is 0. The Kier molecular flexibility index (Phi) is 3.23. The maximum Gasteiger partial charge on any atom is -0.0228 e. The zero-order chi connectivity index (χ0) is 8.93. The van der Waals surface area contributed by atoms with E-state index in [2.05, 4.69) is 24.3 Å². The van der Waals surface area contributed by atoms with Crippen molar-refractivity contribution in [3.63, 3.8) is 0 Å².